The smallest absolute Gasteiger partial charge is 0.227 e. The molecule has 3 aromatic rings. The molecule has 1 unspecified atom stereocenters. The van der Waals surface area contributed by atoms with Gasteiger partial charge in [-0.1, -0.05) is 29.4 Å². The van der Waals surface area contributed by atoms with Crippen LogP contribution in [0.15, 0.2) is 59.9 Å². The third kappa shape index (κ3) is 3.30. The molecule has 0 aliphatic carbocycles. The zero-order valence-corrected chi connectivity index (χ0v) is 19.0. The number of aromatic nitrogens is 1. The average molecular weight is 445 g/mol. The summed E-state index contributed by atoms with van der Waals surface area (Å²) in [6, 6.07) is 16.3. The van der Waals surface area contributed by atoms with E-state index in [1.54, 1.807) is 14.2 Å². The van der Waals surface area contributed by atoms with E-state index in [1.807, 2.05) is 30.5 Å². The topological polar surface area (TPSA) is 59.4 Å². The van der Waals surface area contributed by atoms with Crippen LogP contribution in [-0.4, -0.2) is 60.2 Å². The Balaban J connectivity index is 1.42. The quantitative estimate of drug-likeness (QED) is 0.596. The molecule has 1 atom stereocenters. The highest BCUT2D eigenvalue weighted by molar-refractivity contribution is 6.00. The molecular formula is C26H28N4O3. The number of benzene rings is 2. The van der Waals surface area contributed by atoms with Gasteiger partial charge in [-0.3, -0.25) is 9.88 Å². The van der Waals surface area contributed by atoms with E-state index in [-0.39, 0.29) is 0 Å². The summed E-state index contributed by atoms with van der Waals surface area (Å²) in [6.07, 6.45) is 4.15. The van der Waals surface area contributed by atoms with E-state index < -0.39 is 5.72 Å². The fraction of sp³-hybridized carbons (Fsp3) is 0.385. The molecule has 3 saturated heterocycles. The van der Waals surface area contributed by atoms with Crippen molar-refractivity contribution in [2.45, 2.75) is 25.1 Å². The largest absolute Gasteiger partial charge is 0.497 e. The van der Waals surface area contributed by atoms with Gasteiger partial charge < -0.3 is 19.2 Å². The number of amidine groups is 1. The first-order valence-corrected chi connectivity index (χ1v) is 11.5. The fourth-order valence-electron chi connectivity index (χ4n) is 5.55. The van der Waals surface area contributed by atoms with Gasteiger partial charge in [0.1, 0.15) is 17.2 Å². The van der Waals surface area contributed by atoms with Crippen LogP contribution in [0.2, 0.25) is 0 Å². The van der Waals surface area contributed by atoms with E-state index in [9.17, 15) is 0 Å². The minimum atomic E-state index is -0.482. The molecule has 0 N–H and O–H groups in total. The van der Waals surface area contributed by atoms with Gasteiger partial charge in [-0.25, -0.2) is 0 Å². The maximum Gasteiger partial charge on any atom is 0.227 e. The van der Waals surface area contributed by atoms with E-state index in [2.05, 4.69) is 39.2 Å². The predicted octanol–water partition coefficient (Wildman–Crippen LogP) is 3.87. The summed E-state index contributed by atoms with van der Waals surface area (Å²) in [4.78, 5) is 16.0. The highest BCUT2D eigenvalue weighted by atomic mass is 16.7. The summed E-state index contributed by atoms with van der Waals surface area (Å²) in [7, 11) is 3.36. The van der Waals surface area contributed by atoms with Gasteiger partial charge in [0.15, 0.2) is 5.84 Å². The number of ether oxygens (including phenoxy) is 2. The van der Waals surface area contributed by atoms with Gasteiger partial charge in [0.25, 0.3) is 0 Å². The van der Waals surface area contributed by atoms with Crippen molar-refractivity contribution in [3.63, 3.8) is 0 Å². The van der Waals surface area contributed by atoms with E-state index in [4.69, 9.17) is 19.3 Å². The number of piperidine rings is 3. The van der Waals surface area contributed by atoms with Gasteiger partial charge in [0.05, 0.1) is 27.3 Å². The summed E-state index contributed by atoms with van der Waals surface area (Å²) in [5, 5.41) is 6.92. The second kappa shape index (κ2) is 7.92. The van der Waals surface area contributed by atoms with Crippen LogP contribution in [-0.2, 0) is 11.4 Å². The lowest BCUT2D eigenvalue weighted by Crippen LogP contribution is -2.66. The molecule has 33 heavy (non-hydrogen) atoms. The Morgan fingerprint density at radius 1 is 1.03 bits per heavy atom. The van der Waals surface area contributed by atoms with E-state index in [1.165, 1.54) is 0 Å². The summed E-state index contributed by atoms with van der Waals surface area (Å²) in [6.45, 7) is 3.71. The molecule has 2 aromatic carbocycles. The van der Waals surface area contributed by atoms with Crippen molar-refractivity contribution in [3.05, 3.63) is 66.0 Å². The lowest BCUT2D eigenvalue weighted by Gasteiger charge is -2.53. The van der Waals surface area contributed by atoms with E-state index >= 15 is 0 Å². The van der Waals surface area contributed by atoms with Crippen molar-refractivity contribution in [1.82, 2.24) is 14.8 Å². The normalized spacial score (nSPS) is 25.9. The number of nitrogens with zero attached hydrogens (tertiary/aromatic N) is 4. The van der Waals surface area contributed by atoms with Crippen LogP contribution < -0.4 is 9.47 Å². The summed E-state index contributed by atoms with van der Waals surface area (Å²) in [5.74, 6) is 2.78. The maximum atomic E-state index is 6.36. The average Bonchev–Trinajstić information content (AvgIpc) is 3.21. The Kier molecular flexibility index (Phi) is 4.87. The molecule has 4 aliphatic rings. The first-order chi connectivity index (χ1) is 16.2. The van der Waals surface area contributed by atoms with Gasteiger partial charge in [0.2, 0.25) is 5.72 Å². The monoisotopic (exact) mass is 444 g/mol. The van der Waals surface area contributed by atoms with Crippen LogP contribution in [0.3, 0.4) is 0 Å². The van der Waals surface area contributed by atoms with Gasteiger partial charge >= 0.3 is 0 Å². The standard InChI is InChI=1S/C26H28N4O3/c1-31-22-8-7-20(24(14-22)32-2)16-30-25(23-13-18-5-3-4-6-19(18)15-27-23)28-33-26(30)17-29-11-9-21(26)10-12-29/h3-8,13-15,21H,9-12,16-17H2,1-2H3. The molecule has 7 rings (SSSR count). The Morgan fingerprint density at radius 3 is 2.58 bits per heavy atom. The number of oxime groups is 1. The molecule has 3 fully saturated rings. The van der Waals surface area contributed by atoms with Gasteiger partial charge in [-0.2, -0.15) is 0 Å². The van der Waals surface area contributed by atoms with Gasteiger partial charge in [-0.15, -0.1) is 0 Å². The van der Waals surface area contributed by atoms with Crippen molar-refractivity contribution >= 4 is 16.6 Å². The third-order valence-electron chi connectivity index (χ3n) is 7.36. The first kappa shape index (κ1) is 20.3. The van der Waals surface area contributed by atoms with Gasteiger partial charge in [0, 0.05) is 29.1 Å². The van der Waals surface area contributed by atoms with Crippen LogP contribution in [0.1, 0.15) is 24.1 Å². The van der Waals surface area contributed by atoms with Crippen LogP contribution in [0.4, 0.5) is 0 Å². The van der Waals surface area contributed by atoms with Crippen LogP contribution in [0.25, 0.3) is 10.8 Å². The zero-order chi connectivity index (χ0) is 22.4. The summed E-state index contributed by atoms with van der Waals surface area (Å²) < 4.78 is 11.1. The fourth-order valence-corrected chi connectivity index (χ4v) is 5.55. The number of rotatable bonds is 5. The van der Waals surface area contributed by atoms with Crippen LogP contribution in [0.5, 0.6) is 11.5 Å². The first-order valence-electron chi connectivity index (χ1n) is 11.5. The summed E-state index contributed by atoms with van der Waals surface area (Å²) >= 11 is 0. The molecule has 0 radical (unpaired) electrons. The molecule has 7 nitrogen and oxygen atoms in total. The van der Waals surface area contributed by atoms with Crippen LogP contribution in [0, 0.1) is 5.92 Å². The van der Waals surface area contributed by atoms with Crippen LogP contribution >= 0.6 is 0 Å². The second-order valence-corrected chi connectivity index (χ2v) is 9.08. The lowest BCUT2D eigenvalue weighted by molar-refractivity contribution is -0.198. The molecular weight excluding hydrogens is 416 g/mol. The summed E-state index contributed by atoms with van der Waals surface area (Å²) in [5.41, 5.74) is 1.41. The third-order valence-corrected chi connectivity index (χ3v) is 7.36. The Bertz CT molecular complexity index is 1220. The van der Waals surface area contributed by atoms with Crippen molar-refractivity contribution in [3.8, 4) is 11.5 Å². The van der Waals surface area contributed by atoms with Crippen molar-refractivity contribution in [1.29, 1.82) is 0 Å². The maximum absolute atomic E-state index is 6.36. The highest BCUT2D eigenvalue weighted by Gasteiger charge is 2.57. The number of methoxy groups -OCH3 is 2. The Hall–Kier alpha value is -3.32. The molecule has 0 saturated carbocycles. The van der Waals surface area contributed by atoms with Crippen molar-refractivity contribution in [2.75, 3.05) is 33.9 Å². The number of hydrogen-bond acceptors (Lipinski definition) is 7. The minimum absolute atomic E-state index is 0.424. The number of hydrogen-bond donors (Lipinski definition) is 0. The minimum Gasteiger partial charge on any atom is -0.497 e. The molecule has 4 aliphatic heterocycles. The number of fused-ring (bicyclic) bond motifs is 3. The molecule has 1 aromatic heterocycles. The van der Waals surface area contributed by atoms with E-state index in [0.29, 0.717) is 12.5 Å². The zero-order valence-electron chi connectivity index (χ0n) is 19.0. The van der Waals surface area contributed by atoms with Crippen molar-refractivity contribution < 1.29 is 14.3 Å². The van der Waals surface area contributed by atoms with E-state index in [0.717, 1.165) is 71.8 Å². The lowest BCUT2D eigenvalue weighted by atomic mass is 9.79. The SMILES string of the molecule is COc1ccc(CN2C(c3cc4ccccc4cn3)=NOC23CN2CCC3CC2)c(OC)c1. The van der Waals surface area contributed by atoms with Crippen molar-refractivity contribution in [2.24, 2.45) is 11.1 Å². The molecule has 2 bridgehead atoms. The molecule has 1 spiro atoms. The number of pyridine rings is 1. The van der Waals surface area contributed by atoms with Gasteiger partial charge in [-0.05, 0) is 49.5 Å². The predicted molar refractivity (Wildman–Crippen MR) is 126 cm³/mol. The highest BCUT2D eigenvalue weighted by Crippen LogP contribution is 2.45. The molecule has 7 heteroatoms. The second-order valence-electron chi connectivity index (χ2n) is 9.08. The Labute approximate surface area is 193 Å². The molecule has 0 amide bonds. The Morgan fingerprint density at radius 2 is 1.85 bits per heavy atom. The molecule has 170 valence electrons. The molecule has 5 heterocycles.